The Bertz CT molecular complexity index is 384. The van der Waals surface area contributed by atoms with Gasteiger partial charge in [-0.2, -0.15) is 0 Å². The van der Waals surface area contributed by atoms with Gasteiger partial charge in [-0.15, -0.1) is 22.9 Å². The molecule has 88 valence electrons. The molecule has 6 heteroatoms. The first-order valence-corrected chi connectivity index (χ1v) is 6.07. The van der Waals surface area contributed by atoms with Crippen LogP contribution in [0.2, 0.25) is 0 Å². The van der Waals surface area contributed by atoms with Gasteiger partial charge in [0, 0.05) is 9.75 Å². The molecule has 0 bridgehead atoms. The maximum atomic E-state index is 11.2. The van der Waals surface area contributed by atoms with Crippen LogP contribution >= 0.6 is 22.9 Å². The standard InChI is InChI=1S/C10H13ClN2O2S/c1-6-3-8(16-7(6)2)5-12-10(15)13-9(14)4-11/h3H,4-5H2,1-2H3,(H2,12,13,14,15). The van der Waals surface area contributed by atoms with Crippen molar-refractivity contribution < 1.29 is 9.59 Å². The lowest BCUT2D eigenvalue weighted by Crippen LogP contribution is -2.39. The average Bonchev–Trinajstić information content (AvgIpc) is 2.55. The van der Waals surface area contributed by atoms with E-state index < -0.39 is 11.9 Å². The lowest BCUT2D eigenvalue weighted by atomic mass is 10.3. The lowest BCUT2D eigenvalue weighted by Gasteiger charge is -2.03. The number of hydrogen-bond donors (Lipinski definition) is 2. The van der Waals surface area contributed by atoms with Crippen LogP contribution in [-0.2, 0) is 11.3 Å². The Kier molecular flexibility index (Phi) is 4.76. The van der Waals surface area contributed by atoms with Gasteiger partial charge in [0.05, 0.1) is 6.54 Å². The zero-order chi connectivity index (χ0) is 12.1. The van der Waals surface area contributed by atoms with Crippen molar-refractivity contribution in [3.63, 3.8) is 0 Å². The highest BCUT2D eigenvalue weighted by Crippen LogP contribution is 2.19. The molecular weight excluding hydrogens is 248 g/mol. The number of carbonyl (C=O) groups is 2. The molecule has 0 fully saturated rings. The Morgan fingerprint density at radius 3 is 2.62 bits per heavy atom. The summed E-state index contributed by atoms with van der Waals surface area (Å²) in [6, 6.07) is 1.50. The van der Waals surface area contributed by atoms with Crippen LogP contribution < -0.4 is 10.6 Å². The number of aryl methyl sites for hydroxylation is 2. The third-order valence-corrected chi connectivity index (χ3v) is 3.41. The Morgan fingerprint density at radius 1 is 1.44 bits per heavy atom. The van der Waals surface area contributed by atoms with Crippen LogP contribution in [0.4, 0.5) is 4.79 Å². The van der Waals surface area contributed by atoms with Crippen molar-refractivity contribution in [2.24, 2.45) is 0 Å². The number of imide groups is 1. The first-order valence-electron chi connectivity index (χ1n) is 4.72. The summed E-state index contributed by atoms with van der Waals surface area (Å²) in [7, 11) is 0. The molecule has 0 aliphatic heterocycles. The summed E-state index contributed by atoms with van der Waals surface area (Å²) < 4.78 is 0. The molecule has 0 aliphatic rings. The third-order valence-electron chi connectivity index (χ3n) is 2.01. The Labute approximate surface area is 103 Å². The SMILES string of the molecule is Cc1cc(CNC(=O)NC(=O)CCl)sc1C. The molecule has 0 atom stereocenters. The van der Waals surface area contributed by atoms with Crippen LogP contribution in [-0.4, -0.2) is 17.8 Å². The molecule has 1 heterocycles. The van der Waals surface area contributed by atoms with Gasteiger partial charge in [0.2, 0.25) is 5.91 Å². The van der Waals surface area contributed by atoms with E-state index in [0.29, 0.717) is 6.54 Å². The van der Waals surface area contributed by atoms with Gasteiger partial charge in [-0.1, -0.05) is 0 Å². The fourth-order valence-corrected chi connectivity index (χ4v) is 2.17. The lowest BCUT2D eigenvalue weighted by molar-refractivity contribution is -0.117. The van der Waals surface area contributed by atoms with E-state index in [1.807, 2.05) is 19.9 Å². The number of nitrogens with one attached hydrogen (secondary N) is 2. The maximum Gasteiger partial charge on any atom is 0.321 e. The fraction of sp³-hybridized carbons (Fsp3) is 0.400. The molecule has 2 N–H and O–H groups in total. The van der Waals surface area contributed by atoms with Crippen molar-refractivity contribution >= 4 is 34.9 Å². The topological polar surface area (TPSA) is 58.2 Å². The van der Waals surface area contributed by atoms with Crippen LogP contribution in [0.15, 0.2) is 6.07 Å². The van der Waals surface area contributed by atoms with Gasteiger partial charge in [-0.25, -0.2) is 4.79 Å². The largest absolute Gasteiger partial charge is 0.333 e. The van der Waals surface area contributed by atoms with Gasteiger partial charge in [-0.3, -0.25) is 10.1 Å². The summed E-state index contributed by atoms with van der Waals surface area (Å²) in [5, 5.41) is 4.69. The van der Waals surface area contributed by atoms with Crippen molar-refractivity contribution in [2.75, 3.05) is 5.88 Å². The first kappa shape index (κ1) is 13.0. The molecule has 0 aromatic carbocycles. The Morgan fingerprint density at radius 2 is 2.12 bits per heavy atom. The molecule has 0 aliphatic carbocycles. The van der Waals surface area contributed by atoms with E-state index in [9.17, 15) is 9.59 Å². The van der Waals surface area contributed by atoms with Crippen LogP contribution in [0.3, 0.4) is 0 Å². The molecule has 0 spiro atoms. The minimum atomic E-state index is -0.519. The number of hydrogen-bond acceptors (Lipinski definition) is 3. The van der Waals surface area contributed by atoms with E-state index in [1.54, 1.807) is 11.3 Å². The van der Waals surface area contributed by atoms with Crippen molar-refractivity contribution in [3.8, 4) is 0 Å². The zero-order valence-corrected chi connectivity index (χ0v) is 10.7. The van der Waals surface area contributed by atoms with E-state index in [-0.39, 0.29) is 5.88 Å². The third kappa shape index (κ3) is 3.83. The summed E-state index contributed by atoms with van der Waals surface area (Å²) >= 11 is 6.87. The molecule has 3 amide bonds. The summed E-state index contributed by atoms with van der Waals surface area (Å²) in [6.45, 7) is 4.47. The quantitative estimate of drug-likeness (QED) is 0.816. The van der Waals surface area contributed by atoms with Crippen LogP contribution in [0.5, 0.6) is 0 Å². The number of alkyl halides is 1. The van der Waals surface area contributed by atoms with E-state index in [1.165, 1.54) is 10.4 Å². The van der Waals surface area contributed by atoms with Crippen molar-refractivity contribution in [3.05, 3.63) is 21.4 Å². The molecule has 0 unspecified atom stereocenters. The average molecular weight is 261 g/mol. The van der Waals surface area contributed by atoms with E-state index in [2.05, 4.69) is 10.6 Å². The Balaban J connectivity index is 2.40. The summed E-state index contributed by atoms with van der Waals surface area (Å²) in [4.78, 5) is 24.3. The van der Waals surface area contributed by atoms with Gasteiger partial charge in [-0.05, 0) is 25.5 Å². The molecular formula is C10H13ClN2O2S. The number of carbonyl (C=O) groups excluding carboxylic acids is 2. The minimum Gasteiger partial charge on any atom is -0.333 e. The smallest absolute Gasteiger partial charge is 0.321 e. The minimum absolute atomic E-state index is 0.218. The number of halogens is 1. The maximum absolute atomic E-state index is 11.2. The predicted molar refractivity (Wildman–Crippen MR) is 64.9 cm³/mol. The summed E-state index contributed by atoms with van der Waals surface area (Å²) in [5.41, 5.74) is 1.21. The fourth-order valence-electron chi connectivity index (χ4n) is 1.11. The molecule has 1 aromatic heterocycles. The highest BCUT2D eigenvalue weighted by molar-refractivity contribution is 7.12. The molecule has 1 aromatic rings. The van der Waals surface area contributed by atoms with Crippen molar-refractivity contribution in [2.45, 2.75) is 20.4 Å². The van der Waals surface area contributed by atoms with Gasteiger partial charge < -0.3 is 5.32 Å². The predicted octanol–water partition coefficient (Wildman–Crippen LogP) is 1.93. The summed E-state index contributed by atoms with van der Waals surface area (Å²) in [6.07, 6.45) is 0. The van der Waals surface area contributed by atoms with Gasteiger partial charge in [0.1, 0.15) is 5.88 Å². The van der Waals surface area contributed by atoms with Gasteiger partial charge in [0.15, 0.2) is 0 Å². The molecule has 0 radical (unpaired) electrons. The highest BCUT2D eigenvalue weighted by atomic mass is 35.5. The monoisotopic (exact) mass is 260 g/mol. The summed E-state index contributed by atoms with van der Waals surface area (Å²) in [5.74, 6) is -0.720. The van der Waals surface area contributed by atoms with Crippen molar-refractivity contribution in [1.82, 2.24) is 10.6 Å². The molecule has 1 rings (SSSR count). The van der Waals surface area contributed by atoms with E-state index in [0.717, 1.165) is 4.88 Å². The first-order chi connectivity index (χ1) is 7.52. The second-order valence-electron chi connectivity index (χ2n) is 3.32. The molecule has 0 saturated heterocycles. The second kappa shape index (κ2) is 5.86. The molecule has 4 nitrogen and oxygen atoms in total. The van der Waals surface area contributed by atoms with Crippen LogP contribution in [0.25, 0.3) is 0 Å². The number of thiophene rings is 1. The number of rotatable bonds is 3. The van der Waals surface area contributed by atoms with E-state index >= 15 is 0 Å². The van der Waals surface area contributed by atoms with Crippen molar-refractivity contribution in [1.29, 1.82) is 0 Å². The van der Waals surface area contributed by atoms with Crippen LogP contribution in [0, 0.1) is 13.8 Å². The van der Waals surface area contributed by atoms with Gasteiger partial charge in [0.25, 0.3) is 0 Å². The number of urea groups is 1. The molecule has 0 saturated carbocycles. The van der Waals surface area contributed by atoms with E-state index in [4.69, 9.17) is 11.6 Å². The zero-order valence-electron chi connectivity index (χ0n) is 9.09. The second-order valence-corrected chi connectivity index (χ2v) is 4.92. The van der Waals surface area contributed by atoms with Gasteiger partial charge >= 0.3 is 6.03 Å². The normalized spacial score (nSPS) is 9.94. The molecule has 16 heavy (non-hydrogen) atoms. The number of amides is 3. The van der Waals surface area contributed by atoms with Crippen LogP contribution in [0.1, 0.15) is 15.3 Å². The highest BCUT2D eigenvalue weighted by Gasteiger charge is 2.07. The Hall–Kier alpha value is -1.07.